The van der Waals surface area contributed by atoms with Crippen molar-refractivity contribution in [2.45, 2.75) is 33.2 Å². The standard InChI is InChI=1S/C12H18N2O2S2/c1-5-8-6-9(11(15)16-4)10(18-8)14-12(17)13-7(2)3/h6-7H,5H2,1-4H3,(H2,13,14,17). The Morgan fingerprint density at radius 3 is 2.72 bits per heavy atom. The molecule has 0 aliphatic heterocycles. The molecule has 100 valence electrons. The number of anilines is 1. The van der Waals surface area contributed by atoms with Crippen molar-refractivity contribution >= 4 is 39.6 Å². The zero-order valence-electron chi connectivity index (χ0n) is 11.0. The molecule has 6 heteroatoms. The second kappa shape index (κ2) is 6.70. The maximum absolute atomic E-state index is 11.6. The van der Waals surface area contributed by atoms with E-state index in [-0.39, 0.29) is 12.0 Å². The van der Waals surface area contributed by atoms with E-state index in [4.69, 9.17) is 17.0 Å². The predicted molar refractivity (Wildman–Crippen MR) is 79.5 cm³/mol. The number of nitrogens with one attached hydrogen (secondary N) is 2. The van der Waals surface area contributed by atoms with Crippen LogP contribution in [0.1, 0.15) is 36.0 Å². The van der Waals surface area contributed by atoms with Gasteiger partial charge in [-0.25, -0.2) is 4.79 Å². The van der Waals surface area contributed by atoms with Gasteiger partial charge in [-0.1, -0.05) is 6.92 Å². The molecule has 4 nitrogen and oxygen atoms in total. The number of hydrogen-bond donors (Lipinski definition) is 2. The summed E-state index contributed by atoms with van der Waals surface area (Å²) >= 11 is 6.69. The van der Waals surface area contributed by atoms with Crippen LogP contribution in [0.5, 0.6) is 0 Å². The maximum atomic E-state index is 11.6. The number of methoxy groups -OCH3 is 1. The molecule has 2 N–H and O–H groups in total. The number of hydrogen-bond acceptors (Lipinski definition) is 4. The SMILES string of the molecule is CCc1cc(C(=O)OC)c(NC(=S)NC(C)C)s1. The number of carbonyl (C=O) groups is 1. The summed E-state index contributed by atoms with van der Waals surface area (Å²) in [6.07, 6.45) is 0.876. The average molecular weight is 286 g/mol. The van der Waals surface area contributed by atoms with E-state index < -0.39 is 0 Å². The third kappa shape index (κ3) is 3.96. The van der Waals surface area contributed by atoms with Crippen LogP contribution in [0.25, 0.3) is 0 Å². The van der Waals surface area contributed by atoms with Crippen molar-refractivity contribution in [2.24, 2.45) is 0 Å². The quantitative estimate of drug-likeness (QED) is 0.658. The number of rotatable bonds is 4. The maximum Gasteiger partial charge on any atom is 0.340 e. The highest BCUT2D eigenvalue weighted by Crippen LogP contribution is 2.29. The van der Waals surface area contributed by atoms with Gasteiger partial charge in [0.2, 0.25) is 0 Å². The zero-order valence-corrected chi connectivity index (χ0v) is 12.6. The van der Waals surface area contributed by atoms with Crippen LogP contribution in [0.3, 0.4) is 0 Å². The minimum Gasteiger partial charge on any atom is -0.465 e. The number of esters is 1. The predicted octanol–water partition coefficient (Wildman–Crippen LogP) is 2.79. The molecule has 0 amide bonds. The van der Waals surface area contributed by atoms with Gasteiger partial charge in [0.25, 0.3) is 0 Å². The molecule has 0 fully saturated rings. The third-order valence-electron chi connectivity index (χ3n) is 2.18. The Morgan fingerprint density at radius 1 is 1.56 bits per heavy atom. The van der Waals surface area contributed by atoms with E-state index in [0.29, 0.717) is 10.7 Å². The molecule has 0 radical (unpaired) electrons. The van der Waals surface area contributed by atoms with Gasteiger partial charge in [0, 0.05) is 10.9 Å². The molecule has 1 rings (SSSR count). The van der Waals surface area contributed by atoms with E-state index in [1.807, 2.05) is 26.8 Å². The monoisotopic (exact) mass is 286 g/mol. The molecule has 0 aliphatic carbocycles. The Kier molecular flexibility index (Phi) is 5.55. The smallest absolute Gasteiger partial charge is 0.340 e. The van der Waals surface area contributed by atoms with Gasteiger partial charge in [-0.05, 0) is 38.6 Å². The number of aryl methyl sites for hydroxylation is 1. The second-order valence-corrected chi connectivity index (χ2v) is 5.60. The second-order valence-electron chi connectivity index (χ2n) is 4.05. The zero-order chi connectivity index (χ0) is 13.7. The number of thiocarbonyl (C=S) groups is 1. The lowest BCUT2D eigenvalue weighted by molar-refractivity contribution is 0.0602. The van der Waals surface area contributed by atoms with Gasteiger partial charge in [0.05, 0.1) is 12.7 Å². The van der Waals surface area contributed by atoms with Crippen molar-refractivity contribution < 1.29 is 9.53 Å². The van der Waals surface area contributed by atoms with Gasteiger partial charge < -0.3 is 15.4 Å². The summed E-state index contributed by atoms with van der Waals surface area (Å²) < 4.78 is 4.76. The Bertz CT molecular complexity index is 441. The first-order valence-electron chi connectivity index (χ1n) is 5.76. The average Bonchev–Trinajstić information content (AvgIpc) is 2.70. The Morgan fingerprint density at radius 2 is 2.22 bits per heavy atom. The summed E-state index contributed by atoms with van der Waals surface area (Å²) in [5, 5.41) is 7.37. The van der Waals surface area contributed by atoms with Gasteiger partial charge in [-0.3, -0.25) is 0 Å². The highest BCUT2D eigenvalue weighted by atomic mass is 32.1. The molecule has 0 aliphatic rings. The molecule has 18 heavy (non-hydrogen) atoms. The van der Waals surface area contributed by atoms with Crippen LogP contribution in [0.15, 0.2) is 6.07 Å². The number of thiophene rings is 1. The van der Waals surface area contributed by atoms with Crippen molar-refractivity contribution in [3.63, 3.8) is 0 Å². The summed E-state index contributed by atoms with van der Waals surface area (Å²) in [7, 11) is 1.38. The van der Waals surface area contributed by atoms with Gasteiger partial charge in [0.1, 0.15) is 5.00 Å². The topological polar surface area (TPSA) is 50.4 Å². The number of ether oxygens (including phenoxy) is 1. The molecule has 0 saturated heterocycles. The summed E-state index contributed by atoms with van der Waals surface area (Å²) in [6.45, 7) is 6.05. The van der Waals surface area contributed by atoms with Gasteiger partial charge in [-0.15, -0.1) is 11.3 Å². The summed E-state index contributed by atoms with van der Waals surface area (Å²) in [5.41, 5.74) is 0.534. The Balaban J connectivity index is 2.89. The molecule has 1 aromatic heterocycles. The van der Waals surface area contributed by atoms with Crippen molar-refractivity contribution in [1.82, 2.24) is 5.32 Å². The fourth-order valence-corrected chi connectivity index (χ4v) is 2.76. The lowest BCUT2D eigenvalue weighted by Gasteiger charge is -2.12. The molecule has 1 heterocycles. The molecule has 0 saturated carbocycles. The molecule has 0 aromatic carbocycles. The molecular weight excluding hydrogens is 268 g/mol. The lowest BCUT2D eigenvalue weighted by Crippen LogP contribution is -2.34. The van der Waals surface area contributed by atoms with Crippen molar-refractivity contribution in [2.75, 3.05) is 12.4 Å². The van der Waals surface area contributed by atoms with Crippen LogP contribution in [0.4, 0.5) is 5.00 Å². The first kappa shape index (κ1) is 14.9. The first-order chi connectivity index (χ1) is 8.47. The van der Waals surface area contributed by atoms with Crippen LogP contribution in [-0.4, -0.2) is 24.2 Å². The fraction of sp³-hybridized carbons (Fsp3) is 0.500. The van der Waals surface area contributed by atoms with E-state index in [0.717, 1.165) is 16.3 Å². The normalized spacial score (nSPS) is 10.3. The minimum atomic E-state index is -0.346. The van der Waals surface area contributed by atoms with Crippen LogP contribution in [-0.2, 0) is 11.2 Å². The lowest BCUT2D eigenvalue weighted by atomic mass is 10.2. The molecule has 1 aromatic rings. The Labute approximate surface area is 117 Å². The van der Waals surface area contributed by atoms with Gasteiger partial charge in [0.15, 0.2) is 5.11 Å². The fourth-order valence-electron chi connectivity index (χ4n) is 1.37. The first-order valence-corrected chi connectivity index (χ1v) is 6.99. The van der Waals surface area contributed by atoms with E-state index >= 15 is 0 Å². The minimum absolute atomic E-state index is 0.247. The summed E-state index contributed by atoms with van der Waals surface area (Å²) in [4.78, 5) is 12.8. The van der Waals surface area contributed by atoms with Gasteiger partial charge >= 0.3 is 5.97 Å². The van der Waals surface area contributed by atoms with Crippen molar-refractivity contribution in [3.8, 4) is 0 Å². The van der Waals surface area contributed by atoms with Gasteiger partial charge in [-0.2, -0.15) is 0 Å². The van der Waals surface area contributed by atoms with Crippen molar-refractivity contribution in [1.29, 1.82) is 0 Å². The van der Waals surface area contributed by atoms with E-state index in [2.05, 4.69) is 10.6 Å². The van der Waals surface area contributed by atoms with E-state index in [1.165, 1.54) is 18.4 Å². The molecule has 0 atom stereocenters. The summed E-state index contributed by atoms with van der Waals surface area (Å²) in [6, 6.07) is 2.09. The highest BCUT2D eigenvalue weighted by molar-refractivity contribution is 7.80. The summed E-state index contributed by atoms with van der Waals surface area (Å²) in [5.74, 6) is -0.346. The largest absolute Gasteiger partial charge is 0.465 e. The molecule has 0 unspecified atom stereocenters. The molecular formula is C12H18N2O2S2. The third-order valence-corrected chi connectivity index (χ3v) is 3.60. The van der Waals surface area contributed by atoms with Crippen LogP contribution >= 0.6 is 23.6 Å². The molecule has 0 spiro atoms. The van der Waals surface area contributed by atoms with Crippen molar-refractivity contribution in [3.05, 3.63) is 16.5 Å². The Hall–Kier alpha value is -1.14. The molecule has 0 bridgehead atoms. The highest BCUT2D eigenvalue weighted by Gasteiger charge is 2.17. The van der Waals surface area contributed by atoms with Crippen LogP contribution in [0, 0.1) is 0 Å². The van der Waals surface area contributed by atoms with Crippen LogP contribution in [0.2, 0.25) is 0 Å². The van der Waals surface area contributed by atoms with Crippen LogP contribution < -0.4 is 10.6 Å². The number of carbonyl (C=O) groups excluding carboxylic acids is 1. The van der Waals surface area contributed by atoms with E-state index in [1.54, 1.807) is 0 Å². The van der Waals surface area contributed by atoms with E-state index in [9.17, 15) is 4.79 Å².